The Morgan fingerprint density at radius 1 is 1.13 bits per heavy atom. The van der Waals surface area contributed by atoms with Crippen LogP contribution in [0.2, 0.25) is 0 Å². The van der Waals surface area contributed by atoms with E-state index < -0.39 is 10.2 Å². The van der Waals surface area contributed by atoms with Gasteiger partial charge >= 0.3 is 0 Å². The second-order valence-electron chi connectivity index (χ2n) is 8.17. The van der Waals surface area contributed by atoms with E-state index in [2.05, 4.69) is 26.8 Å². The summed E-state index contributed by atoms with van der Waals surface area (Å²) in [4.78, 5) is 14.7. The van der Waals surface area contributed by atoms with Gasteiger partial charge in [0, 0.05) is 50.2 Å². The van der Waals surface area contributed by atoms with E-state index in [9.17, 15) is 13.2 Å². The standard InChI is InChI=1S/C22H33N3O4S/c1-6-24(7-2)30(27,28)25-10-8-23(9-11-25)22(26)13-18-15-29-21-12-17(5)19(16(3)4)14-20(18)21/h12,14-16H,6-11,13H2,1-5H3. The molecule has 0 radical (unpaired) electrons. The van der Waals surface area contributed by atoms with Crippen LogP contribution in [-0.2, 0) is 21.4 Å². The summed E-state index contributed by atoms with van der Waals surface area (Å²) in [6, 6.07) is 4.17. The summed E-state index contributed by atoms with van der Waals surface area (Å²) < 4.78 is 34.0. The second-order valence-corrected chi connectivity index (χ2v) is 10.1. The minimum absolute atomic E-state index is 0.00394. The molecule has 1 aromatic carbocycles. The highest BCUT2D eigenvalue weighted by Crippen LogP contribution is 2.29. The fourth-order valence-corrected chi connectivity index (χ4v) is 5.76. The van der Waals surface area contributed by atoms with Gasteiger partial charge in [0.05, 0.1) is 12.7 Å². The number of carbonyl (C=O) groups excluding carboxylic acids is 1. The van der Waals surface area contributed by atoms with Crippen LogP contribution in [0.5, 0.6) is 0 Å². The van der Waals surface area contributed by atoms with E-state index in [0.717, 1.165) is 16.5 Å². The lowest BCUT2D eigenvalue weighted by Gasteiger charge is -2.36. The summed E-state index contributed by atoms with van der Waals surface area (Å²) in [6.07, 6.45) is 1.93. The highest BCUT2D eigenvalue weighted by Gasteiger charge is 2.32. The highest BCUT2D eigenvalue weighted by atomic mass is 32.2. The molecule has 166 valence electrons. The van der Waals surface area contributed by atoms with Gasteiger partial charge in [-0.2, -0.15) is 17.0 Å². The first-order chi connectivity index (χ1) is 14.2. The molecular weight excluding hydrogens is 402 g/mol. The van der Waals surface area contributed by atoms with E-state index in [4.69, 9.17) is 4.42 Å². The van der Waals surface area contributed by atoms with E-state index in [-0.39, 0.29) is 12.3 Å². The number of rotatable bonds is 7. The topological polar surface area (TPSA) is 74.1 Å². The van der Waals surface area contributed by atoms with Crippen molar-refractivity contribution in [3.8, 4) is 0 Å². The molecule has 1 aliphatic rings. The fourth-order valence-electron chi connectivity index (χ4n) is 4.16. The SMILES string of the molecule is CCN(CC)S(=O)(=O)N1CCN(C(=O)Cc2coc3cc(C)c(C(C)C)cc23)CC1. The van der Waals surface area contributed by atoms with Crippen molar-refractivity contribution in [3.63, 3.8) is 0 Å². The predicted octanol–water partition coefficient (Wildman–Crippen LogP) is 3.14. The van der Waals surface area contributed by atoms with Gasteiger partial charge in [0.1, 0.15) is 5.58 Å². The third kappa shape index (κ3) is 4.40. The van der Waals surface area contributed by atoms with Crippen LogP contribution in [0, 0.1) is 6.92 Å². The average molecular weight is 436 g/mol. The molecule has 0 atom stereocenters. The Morgan fingerprint density at radius 2 is 1.77 bits per heavy atom. The Hall–Kier alpha value is -1.90. The number of carbonyl (C=O) groups is 1. The number of fused-ring (bicyclic) bond motifs is 1. The number of hydrogen-bond acceptors (Lipinski definition) is 4. The van der Waals surface area contributed by atoms with Crippen LogP contribution in [0.25, 0.3) is 11.0 Å². The monoisotopic (exact) mass is 435 g/mol. The van der Waals surface area contributed by atoms with Gasteiger partial charge in [-0.05, 0) is 36.1 Å². The molecule has 30 heavy (non-hydrogen) atoms. The molecule has 2 aromatic rings. The molecule has 1 amide bonds. The summed E-state index contributed by atoms with van der Waals surface area (Å²) in [5, 5.41) is 0.986. The Labute approximate surface area is 179 Å². The summed E-state index contributed by atoms with van der Waals surface area (Å²) in [5.41, 5.74) is 4.13. The van der Waals surface area contributed by atoms with Crippen LogP contribution >= 0.6 is 0 Å². The van der Waals surface area contributed by atoms with E-state index >= 15 is 0 Å². The molecule has 2 heterocycles. The lowest BCUT2D eigenvalue weighted by Crippen LogP contribution is -2.54. The molecule has 0 spiro atoms. The van der Waals surface area contributed by atoms with E-state index in [1.54, 1.807) is 11.2 Å². The number of furan rings is 1. The van der Waals surface area contributed by atoms with Crippen molar-refractivity contribution in [1.82, 2.24) is 13.5 Å². The van der Waals surface area contributed by atoms with Gasteiger partial charge in [-0.15, -0.1) is 0 Å². The van der Waals surface area contributed by atoms with Crippen molar-refractivity contribution in [1.29, 1.82) is 0 Å². The molecule has 0 N–H and O–H groups in total. The summed E-state index contributed by atoms with van der Waals surface area (Å²) in [6.45, 7) is 12.4. The van der Waals surface area contributed by atoms with Crippen LogP contribution in [0.4, 0.5) is 0 Å². The maximum atomic E-state index is 12.9. The van der Waals surface area contributed by atoms with Crippen molar-refractivity contribution in [2.75, 3.05) is 39.3 Å². The summed E-state index contributed by atoms with van der Waals surface area (Å²) in [5.74, 6) is 0.401. The number of nitrogens with zero attached hydrogens (tertiary/aromatic N) is 3. The van der Waals surface area contributed by atoms with Crippen molar-refractivity contribution < 1.29 is 17.6 Å². The van der Waals surface area contributed by atoms with Crippen LogP contribution in [0.3, 0.4) is 0 Å². The first kappa shape index (κ1) is 22.8. The first-order valence-corrected chi connectivity index (χ1v) is 12.1. The third-order valence-corrected chi connectivity index (χ3v) is 8.14. The molecule has 1 saturated heterocycles. The van der Waals surface area contributed by atoms with Crippen LogP contribution < -0.4 is 0 Å². The summed E-state index contributed by atoms with van der Waals surface area (Å²) in [7, 11) is -3.46. The van der Waals surface area contributed by atoms with Crippen LogP contribution in [0.15, 0.2) is 22.8 Å². The molecule has 0 unspecified atom stereocenters. The molecule has 1 fully saturated rings. The number of hydrogen-bond donors (Lipinski definition) is 0. The summed E-state index contributed by atoms with van der Waals surface area (Å²) >= 11 is 0. The molecule has 0 saturated carbocycles. The maximum absolute atomic E-state index is 12.9. The average Bonchev–Trinajstić information content (AvgIpc) is 3.09. The van der Waals surface area contributed by atoms with E-state index in [1.165, 1.54) is 19.7 Å². The molecule has 7 nitrogen and oxygen atoms in total. The van der Waals surface area contributed by atoms with Gasteiger partial charge in [-0.3, -0.25) is 4.79 Å². The zero-order chi connectivity index (χ0) is 22.1. The maximum Gasteiger partial charge on any atom is 0.282 e. The molecule has 0 bridgehead atoms. The predicted molar refractivity (Wildman–Crippen MR) is 119 cm³/mol. The molecule has 1 aromatic heterocycles. The number of piperazine rings is 1. The van der Waals surface area contributed by atoms with Gasteiger partial charge in [-0.25, -0.2) is 0 Å². The van der Waals surface area contributed by atoms with Crippen LogP contribution in [0.1, 0.15) is 50.3 Å². The Bertz CT molecular complexity index is 1000. The van der Waals surface area contributed by atoms with Gasteiger partial charge < -0.3 is 9.32 Å². The van der Waals surface area contributed by atoms with Crippen LogP contribution in [-0.4, -0.2) is 67.1 Å². The largest absolute Gasteiger partial charge is 0.464 e. The zero-order valence-electron chi connectivity index (χ0n) is 18.6. The molecule has 8 heteroatoms. The smallest absolute Gasteiger partial charge is 0.282 e. The molecule has 3 rings (SSSR count). The van der Waals surface area contributed by atoms with Gasteiger partial charge in [0.2, 0.25) is 5.91 Å². The minimum Gasteiger partial charge on any atom is -0.464 e. The quantitative estimate of drug-likeness (QED) is 0.670. The molecule has 1 aliphatic heterocycles. The zero-order valence-corrected chi connectivity index (χ0v) is 19.5. The number of aryl methyl sites for hydroxylation is 1. The third-order valence-electron chi connectivity index (χ3n) is 5.96. The number of amides is 1. The Kier molecular flexibility index (Phi) is 6.89. The molecular formula is C22H33N3O4S. The van der Waals surface area contributed by atoms with Crippen molar-refractivity contribution in [2.24, 2.45) is 0 Å². The van der Waals surface area contributed by atoms with Crippen molar-refractivity contribution in [3.05, 3.63) is 35.1 Å². The second kappa shape index (κ2) is 9.08. The fraction of sp³-hybridized carbons (Fsp3) is 0.591. The van der Waals surface area contributed by atoms with Gasteiger partial charge in [0.25, 0.3) is 10.2 Å². The number of benzene rings is 1. The van der Waals surface area contributed by atoms with Gasteiger partial charge in [0.15, 0.2) is 0 Å². The lowest BCUT2D eigenvalue weighted by atomic mass is 9.95. The normalized spacial score (nSPS) is 16.2. The van der Waals surface area contributed by atoms with Crippen molar-refractivity contribution >= 4 is 27.1 Å². The van der Waals surface area contributed by atoms with Gasteiger partial charge in [-0.1, -0.05) is 27.7 Å². The highest BCUT2D eigenvalue weighted by molar-refractivity contribution is 7.86. The van der Waals surface area contributed by atoms with Crippen molar-refractivity contribution in [2.45, 2.75) is 47.0 Å². The lowest BCUT2D eigenvalue weighted by molar-refractivity contribution is -0.131. The Morgan fingerprint density at radius 3 is 2.33 bits per heavy atom. The molecule has 0 aliphatic carbocycles. The van der Waals surface area contributed by atoms with E-state index in [0.29, 0.717) is 45.2 Å². The van der Waals surface area contributed by atoms with E-state index in [1.807, 2.05) is 19.9 Å². The first-order valence-electron chi connectivity index (χ1n) is 10.7. The Balaban J connectivity index is 1.69. The minimum atomic E-state index is -3.46.